The van der Waals surface area contributed by atoms with E-state index in [9.17, 15) is 0 Å². The normalized spacial score (nSPS) is 10.8. The van der Waals surface area contributed by atoms with E-state index in [1.807, 2.05) is 0 Å². The summed E-state index contributed by atoms with van der Waals surface area (Å²) in [5, 5.41) is 4.91. The molecular weight excluding hydrogens is 259 g/mol. The second kappa shape index (κ2) is 4.98. The van der Waals surface area contributed by atoms with Gasteiger partial charge in [-0.2, -0.15) is 0 Å². The number of anilines is 1. The van der Waals surface area contributed by atoms with Crippen molar-refractivity contribution in [1.29, 1.82) is 0 Å². The van der Waals surface area contributed by atoms with Gasteiger partial charge >= 0.3 is 0 Å². The molecule has 2 N–H and O–H groups in total. The minimum atomic E-state index is 0.429. The zero-order valence-corrected chi connectivity index (χ0v) is 10.8. The van der Waals surface area contributed by atoms with Gasteiger partial charge in [-0.05, 0) is 24.6 Å². The first-order valence-electron chi connectivity index (χ1n) is 5.32. The Labute approximate surface area is 109 Å². The largest absolute Gasteiger partial charge is 0.381 e. The Bertz CT molecular complexity index is 517. The molecule has 1 aromatic heterocycles. The van der Waals surface area contributed by atoms with Crippen LogP contribution in [0.15, 0.2) is 22.7 Å². The number of rotatable bonds is 3. The van der Waals surface area contributed by atoms with E-state index in [0.717, 1.165) is 24.0 Å². The Morgan fingerprint density at radius 2 is 1.88 bits per heavy atom. The van der Waals surface area contributed by atoms with E-state index < -0.39 is 0 Å². The van der Waals surface area contributed by atoms with Crippen LogP contribution < -0.4 is 5.73 Å². The van der Waals surface area contributed by atoms with Gasteiger partial charge in [0.05, 0.1) is 0 Å². The molecule has 3 nitrogen and oxygen atoms in total. The second-order valence-electron chi connectivity index (χ2n) is 3.78. The maximum Gasteiger partial charge on any atom is 0.172 e. The molecule has 1 aromatic carbocycles. The number of nitrogen functional groups attached to an aromatic ring is 1. The van der Waals surface area contributed by atoms with Gasteiger partial charge in [-0.1, -0.05) is 41.7 Å². The Hall–Kier alpha value is -1.19. The van der Waals surface area contributed by atoms with Gasteiger partial charge < -0.3 is 10.3 Å². The average molecular weight is 271 g/mol. The summed E-state index contributed by atoms with van der Waals surface area (Å²) in [4.78, 5) is 0. The number of benzene rings is 1. The summed E-state index contributed by atoms with van der Waals surface area (Å²) in [7, 11) is 0. The fourth-order valence-corrected chi connectivity index (χ4v) is 2.25. The van der Waals surface area contributed by atoms with Crippen molar-refractivity contribution in [2.75, 3.05) is 5.73 Å². The van der Waals surface area contributed by atoms with E-state index in [2.05, 4.69) is 12.1 Å². The molecule has 0 unspecified atom stereocenters. The highest BCUT2D eigenvalue weighted by atomic mass is 35.5. The highest BCUT2D eigenvalue weighted by Gasteiger charge is 2.15. The molecule has 0 aliphatic heterocycles. The van der Waals surface area contributed by atoms with Crippen LogP contribution in [0, 0.1) is 0 Å². The first-order valence-corrected chi connectivity index (χ1v) is 6.08. The molecule has 0 amide bonds. The monoisotopic (exact) mass is 270 g/mol. The van der Waals surface area contributed by atoms with Gasteiger partial charge in [-0.25, -0.2) is 0 Å². The fraction of sp³-hybridized carbons (Fsp3) is 0.250. The Kier molecular flexibility index (Phi) is 3.60. The number of nitrogens with zero attached hydrogens (tertiary/aromatic N) is 1. The molecule has 2 aromatic rings. The molecule has 17 heavy (non-hydrogen) atoms. The van der Waals surface area contributed by atoms with E-state index >= 15 is 0 Å². The molecule has 0 saturated carbocycles. The van der Waals surface area contributed by atoms with Crippen molar-refractivity contribution < 1.29 is 4.52 Å². The lowest BCUT2D eigenvalue weighted by molar-refractivity contribution is 0.435. The van der Waals surface area contributed by atoms with Gasteiger partial charge in [-0.15, -0.1) is 0 Å². The quantitative estimate of drug-likeness (QED) is 0.910. The van der Waals surface area contributed by atoms with Gasteiger partial charge in [0.1, 0.15) is 0 Å². The van der Waals surface area contributed by atoms with Crippen LogP contribution in [0.3, 0.4) is 0 Å². The van der Waals surface area contributed by atoms with E-state index in [0.29, 0.717) is 21.6 Å². The standard InChI is InChI=1S/C12H12Cl2N2O/c1-2-3-10-11(17-16-12(10)15)7-4-8(13)6-9(14)5-7/h4-6H,2-3H2,1H3,(H2,15,16). The average Bonchev–Trinajstić information content (AvgIpc) is 2.60. The summed E-state index contributed by atoms with van der Waals surface area (Å²) in [6.07, 6.45) is 1.78. The highest BCUT2D eigenvalue weighted by Crippen LogP contribution is 2.32. The third kappa shape index (κ3) is 2.56. The Morgan fingerprint density at radius 1 is 1.24 bits per heavy atom. The molecule has 1 heterocycles. The third-order valence-corrected chi connectivity index (χ3v) is 2.88. The molecule has 0 spiro atoms. The van der Waals surface area contributed by atoms with Crippen LogP contribution in [0.25, 0.3) is 11.3 Å². The molecule has 0 bridgehead atoms. The van der Waals surface area contributed by atoms with E-state index in [-0.39, 0.29) is 0 Å². The predicted octanol–water partition coefficient (Wildman–Crippen LogP) is 4.18. The smallest absolute Gasteiger partial charge is 0.172 e. The minimum absolute atomic E-state index is 0.429. The molecule has 0 saturated heterocycles. The van der Waals surface area contributed by atoms with Crippen LogP contribution in [0.5, 0.6) is 0 Å². The molecule has 0 radical (unpaired) electrons. The van der Waals surface area contributed by atoms with Gasteiger partial charge in [-0.3, -0.25) is 0 Å². The molecule has 5 heteroatoms. The van der Waals surface area contributed by atoms with Crippen LogP contribution in [-0.2, 0) is 6.42 Å². The maximum absolute atomic E-state index is 5.96. The lowest BCUT2D eigenvalue weighted by Gasteiger charge is -2.02. The van der Waals surface area contributed by atoms with Crippen molar-refractivity contribution in [3.05, 3.63) is 33.8 Å². The van der Waals surface area contributed by atoms with Crippen molar-refractivity contribution in [2.45, 2.75) is 19.8 Å². The summed E-state index contributed by atoms with van der Waals surface area (Å²) in [6.45, 7) is 2.07. The number of hydrogen-bond acceptors (Lipinski definition) is 3. The summed E-state index contributed by atoms with van der Waals surface area (Å²) < 4.78 is 5.25. The highest BCUT2D eigenvalue weighted by molar-refractivity contribution is 6.35. The molecule has 0 aliphatic rings. The number of hydrogen-bond donors (Lipinski definition) is 1. The Morgan fingerprint density at radius 3 is 2.47 bits per heavy atom. The van der Waals surface area contributed by atoms with Gasteiger partial charge in [0.15, 0.2) is 11.6 Å². The van der Waals surface area contributed by atoms with Gasteiger partial charge in [0, 0.05) is 21.2 Å². The van der Waals surface area contributed by atoms with Crippen LogP contribution in [-0.4, -0.2) is 5.16 Å². The second-order valence-corrected chi connectivity index (χ2v) is 4.66. The summed E-state index contributed by atoms with van der Waals surface area (Å²) in [5.41, 5.74) is 7.48. The first kappa shape index (κ1) is 12.3. The minimum Gasteiger partial charge on any atom is -0.381 e. The van der Waals surface area contributed by atoms with Crippen LogP contribution in [0.4, 0.5) is 5.82 Å². The van der Waals surface area contributed by atoms with Gasteiger partial charge in [0.2, 0.25) is 0 Å². The summed E-state index contributed by atoms with van der Waals surface area (Å²) in [6, 6.07) is 5.24. The zero-order valence-electron chi connectivity index (χ0n) is 9.34. The van der Waals surface area contributed by atoms with Crippen molar-refractivity contribution in [3.63, 3.8) is 0 Å². The van der Waals surface area contributed by atoms with Crippen molar-refractivity contribution in [2.24, 2.45) is 0 Å². The van der Waals surface area contributed by atoms with Crippen molar-refractivity contribution in [1.82, 2.24) is 5.16 Å². The molecule has 0 atom stereocenters. The number of nitrogens with two attached hydrogens (primary N) is 1. The van der Waals surface area contributed by atoms with Gasteiger partial charge in [0.25, 0.3) is 0 Å². The lowest BCUT2D eigenvalue weighted by atomic mass is 10.1. The van der Waals surface area contributed by atoms with E-state index in [4.69, 9.17) is 33.5 Å². The first-order chi connectivity index (χ1) is 8.11. The number of halogens is 2. The topological polar surface area (TPSA) is 52.0 Å². The molecule has 0 fully saturated rings. The van der Waals surface area contributed by atoms with Crippen LogP contribution in [0.2, 0.25) is 10.0 Å². The van der Waals surface area contributed by atoms with Crippen LogP contribution >= 0.6 is 23.2 Å². The molecule has 2 rings (SSSR count). The molecule has 0 aliphatic carbocycles. The van der Waals surface area contributed by atoms with Crippen molar-refractivity contribution in [3.8, 4) is 11.3 Å². The fourth-order valence-electron chi connectivity index (χ4n) is 1.72. The van der Waals surface area contributed by atoms with E-state index in [1.165, 1.54) is 0 Å². The van der Waals surface area contributed by atoms with E-state index in [1.54, 1.807) is 18.2 Å². The van der Waals surface area contributed by atoms with Crippen molar-refractivity contribution >= 4 is 29.0 Å². The summed E-state index contributed by atoms with van der Waals surface area (Å²) >= 11 is 11.9. The Balaban J connectivity index is 2.52. The summed E-state index contributed by atoms with van der Waals surface area (Å²) in [5.74, 6) is 1.08. The zero-order chi connectivity index (χ0) is 12.4. The third-order valence-electron chi connectivity index (χ3n) is 2.44. The SMILES string of the molecule is CCCc1c(N)noc1-c1cc(Cl)cc(Cl)c1. The maximum atomic E-state index is 5.96. The predicted molar refractivity (Wildman–Crippen MR) is 70.4 cm³/mol. The number of aromatic nitrogens is 1. The van der Waals surface area contributed by atoms with Crippen LogP contribution in [0.1, 0.15) is 18.9 Å². The molecular formula is C12H12Cl2N2O. The molecule has 90 valence electrons. The lowest BCUT2D eigenvalue weighted by Crippen LogP contribution is -1.92.